The summed E-state index contributed by atoms with van der Waals surface area (Å²) < 4.78 is 0. The second kappa shape index (κ2) is 2.30. The number of carbonyl (C=O) groups excluding carboxylic acids is 2. The lowest BCUT2D eigenvalue weighted by atomic mass is 9.72. The van der Waals surface area contributed by atoms with Crippen molar-refractivity contribution >= 4 is 11.8 Å². The molecule has 3 rings (SSSR count). The Morgan fingerprint density at radius 3 is 1.50 bits per heavy atom. The monoisotopic (exact) mass is 196 g/mol. The zero-order valence-electron chi connectivity index (χ0n) is 9.13. The van der Waals surface area contributed by atoms with Crippen LogP contribution in [-0.4, -0.2) is 46.8 Å². The molecule has 14 heavy (non-hydrogen) atoms. The van der Waals surface area contributed by atoms with Crippen LogP contribution in [0.5, 0.6) is 0 Å². The molecule has 3 heterocycles. The number of piperidine rings is 2. The molecule has 0 aliphatic carbocycles. The number of likely N-dealkylation sites (N-methyl/N-ethyl adjacent to an activating group) is 2. The highest BCUT2D eigenvalue weighted by Crippen LogP contribution is 2.43. The average molecular weight is 196 g/mol. The molecular formula is C10H16N2O2. The highest BCUT2D eigenvalue weighted by atomic mass is 16.2. The van der Waals surface area contributed by atoms with E-state index < -0.39 is 11.1 Å². The second-order valence-corrected chi connectivity index (χ2v) is 4.78. The molecule has 0 aromatic heterocycles. The third kappa shape index (κ3) is 0.751. The Hall–Kier alpha value is -1.06. The maximum absolute atomic E-state index is 12.0. The summed E-state index contributed by atoms with van der Waals surface area (Å²) in [6.45, 7) is 3.70. The average Bonchev–Trinajstić information content (AvgIpc) is 2.16. The van der Waals surface area contributed by atoms with Crippen molar-refractivity contribution in [3.05, 3.63) is 0 Å². The number of fused-ring (bicyclic) bond motifs is 3. The molecule has 0 aromatic rings. The van der Waals surface area contributed by atoms with Crippen molar-refractivity contribution in [3.63, 3.8) is 0 Å². The lowest BCUT2D eigenvalue weighted by molar-refractivity contribution is -0.184. The van der Waals surface area contributed by atoms with Gasteiger partial charge in [-0.3, -0.25) is 9.59 Å². The van der Waals surface area contributed by atoms with Gasteiger partial charge < -0.3 is 9.80 Å². The minimum atomic E-state index is -0.608. The Kier molecular flexibility index (Phi) is 1.56. The number of piperazine rings is 1. The first kappa shape index (κ1) is 9.49. The standard InChI is InChI=1S/C10H16N2O2/c1-9-5-6-10(2,8(14)11(9)3)12(4)7(9)13/h5-6H2,1-4H3. The van der Waals surface area contributed by atoms with Crippen molar-refractivity contribution in [2.45, 2.75) is 37.8 Å². The van der Waals surface area contributed by atoms with Crippen molar-refractivity contribution in [2.24, 2.45) is 0 Å². The molecule has 0 radical (unpaired) electrons. The molecule has 2 unspecified atom stereocenters. The molecule has 3 fully saturated rings. The molecule has 3 aliphatic rings. The second-order valence-electron chi connectivity index (χ2n) is 4.78. The Bertz CT molecular complexity index is 296. The maximum atomic E-state index is 12.0. The Morgan fingerprint density at radius 1 is 0.929 bits per heavy atom. The zero-order valence-corrected chi connectivity index (χ0v) is 9.13. The first-order valence-electron chi connectivity index (χ1n) is 4.90. The van der Waals surface area contributed by atoms with E-state index in [9.17, 15) is 9.59 Å². The molecule has 3 saturated heterocycles. The van der Waals surface area contributed by atoms with E-state index in [1.54, 1.807) is 23.9 Å². The van der Waals surface area contributed by atoms with Gasteiger partial charge in [0.15, 0.2) is 0 Å². The molecule has 2 bridgehead atoms. The molecule has 0 saturated carbocycles. The maximum Gasteiger partial charge on any atom is 0.248 e. The minimum Gasteiger partial charge on any atom is -0.329 e. The SMILES string of the molecule is CN1C(=O)C2(C)CCC1(C)C(=O)N2C. The van der Waals surface area contributed by atoms with Gasteiger partial charge >= 0.3 is 0 Å². The Morgan fingerprint density at radius 2 is 1.21 bits per heavy atom. The van der Waals surface area contributed by atoms with E-state index in [2.05, 4.69) is 0 Å². The summed E-state index contributed by atoms with van der Waals surface area (Å²) in [5, 5.41) is 0. The smallest absolute Gasteiger partial charge is 0.248 e. The lowest BCUT2D eigenvalue weighted by Gasteiger charge is -2.58. The van der Waals surface area contributed by atoms with Crippen molar-refractivity contribution in [1.29, 1.82) is 0 Å². The van der Waals surface area contributed by atoms with Crippen LogP contribution in [-0.2, 0) is 9.59 Å². The number of carbonyl (C=O) groups is 2. The normalized spacial score (nSPS) is 42.3. The van der Waals surface area contributed by atoms with E-state index in [1.807, 2.05) is 13.8 Å². The van der Waals surface area contributed by atoms with Crippen LogP contribution in [0.2, 0.25) is 0 Å². The van der Waals surface area contributed by atoms with Gasteiger partial charge in [-0.25, -0.2) is 0 Å². The van der Waals surface area contributed by atoms with Crippen LogP contribution in [0.25, 0.3) is 0 Å². The van der Waals surface area contributed by atoms with Crippen molar-refractivity contribution in [3.8, 4) is 0 Å². The van der Waals surface area contributed by atoms with Gasteiger partial charge in [0, 0.05) is 14.1 Å². The molecule has 4 heteroatoms. The first-order valence-corrected chi connectivity index (χ1v) is 4.90. The zero-order chi connectivity index (χ0) is 10.7. The van der Waals surface area contributed by atoms with Crippen LogP contribution >= 0.6 is 0 Å². The quantitative estimate of drug-likeness (QED) is 0.556. The molecule has 3 aliphatic heterocycles. The van der Waals surface area contributed by atoms with Crippen molar-refractivity contribution in [1.82, 2.24) is 9.80 Å². The van der Waals surface area contributed by atoms with E-state index in [0.717, 1.165) is 12.8 Å². The largest absolute Gasteiger partial charge is 0.329 e. The summed E-state index contributed by atoms with van der Waals surface area (Å²) in [5.74, 6) is 0.127. The summed E-state index contributed by atoms with van der Waals surface area (Å²) in [5.41, 5.74) is -1.22. The van der Waals surface area contributed by atoms with Crippen molar-refractivity contribution < 1.29 is 9.59 Å². The molecule has 2 amide bonds. The Balaban J connectivity index is 2.54. The van der Waals surface area contributed by atoms with Crippen LogP contribution in [0.1, 0.15) is 26.7 Å². The lowest BCUT2D eigenvalue weighted by Crippen LogP contribution is -2.77. The molecule has 2 atom stereocenters. The van der Waals surface area contributed by atoms with Gasteiger partial charge in [0.1, 0.15) is 11.1 Å². The van der Waals surface area contributed by atoms with E-state index >= 15 is 0 Å². The van der Waals surface area contributed by atoms with Crippen LogP contribution in [0.3, 0.4) is 0 Å². The molecule has 0 aromatic carbocycles. The topological polar surface area (TPSA) is 40.6 Å². The van der Waals surface area contributed by atoms with E-state index in [1.165, 1.54) is 0 Å². The fraction of sp³-hybridized carbons (Fsp3) is 0.800. The number of amides is 2. The highest BCUT2D eigenvalue weighted by Gasteiger charge is 2.61. The molecule has 0 N–H and O–H groups in total. The van der Waals surface area contributed by atoms with Gasteiger partial charge in [0.05, 0.1) is 0 Å². The fourth-order valence-electron chi connectivity index (χ4n) is 2.49. The number of hydrogen-bond acceptors (Lipinski definition) is 2. The number of rotatable bonds is 0. The number of nitrogens with zero attached hydrogens (tertiary/aromatic N) is 2. The van der Waals surface area contributed by atoms with E-state index in [4.69, 9.17) is 0 Å². The van der Waals surface area contributed by atoms with Crippen LogP contribution in [0.15, 0.2) is 0 Å². The predicted molar refractivity (Wildman–Crippen MR) is 51.6 cm³/mol. The third-order valence-electron chi connectivity index (χ3n) is 4.11. The van der Waals surface area contributed by atoms with Crippen molar-refractivity contribution in [2.75, 3.05) is 14.1 Å². The van der Waals surface area contributed by atoms with Crippen LogP contribution in [0.4, 0.5) is 0 Å². The molecule has 78 valence electrons. The molecule has 4 nitrogen and oxygen atoms in total. The first-order chi connectivity index (χ1) is 6.34. The fourth-order valence-corrected chi connectivity index (χ4v) is 2.49. The minimum absolute atomic E-state index is 0.0633. The van der Waals surface area contributed by atoms with Gasteiger partial charge in [0.25, 0.3) is 0 Å². The van der Waals surface area contributed by atoms with Gasteiger partial charge in [-0.1, -0.05) is 0 Å². The van der Waals surface area contributed by atoms with Gasteiger partial charge in [-0.15, -0.1) is 0 Å². The summed E-state index contributed by atoms with van der Waals surface area (Å²) in [7, 11) is 3.45. The summed E-state index contributed by atoms with van der Waals surface area (Å²) >= 11 is 0. The van der Waals surface area contributed by atoms with Gasteiger partial charge in [0.2, 0.25) is 11.8 Å². The summed E-state index contributed by atoms with van der Waals surface area (Å²) in [4.78, 5) is 27.2. The van der Waals surface area contributed by atoms with Crippen LogP contribution in [0, 0.1) is 0 Å². The van der Waals surface area contributed by atoms with Gasteiger partial charge in [-0.05, 0) is 26.7 Å². The summed E-state index contributed by atoms with van der Waals surface area (Å²) in [6, 6.07) is 0. The third-order valence-corrected chi connectivity index (χ3v) is 4.11. The predicted octanol–water partition coefficient (Wildman–Crippen LogP) is 0.228. The summed E-state index contributed by atoms with van der Waals surface area (Å²) in [6.07, 6.45) is 1.55. The molecule has 0 spiro atoms. The van der Waals surface area contributed by atoms with Crippen LogP contribution < -0.4 is 0 Å². The van der Waals surface area contributed by atoms with Gasteiger partial charge in [-0.2, -0.15) is 0 Å². The Labute approximate surface area is 83.9 Å². The number of hydrogen-bond donors (Lipinski definition) is 0. The molecular weight excluding hydrogens is 180 g/mol. The van der Waals surface area contributed by atoms with E-state index in [0.29, 0.717) is 0 Å². The highest BCUT2D eigenvalue weighted by molar-refractivity contribution is 6.03. The van der Waals surface area contributed by atoms with E-state index in [-0.39, 0.29) is 11.8 Å².